The van der Waals surface area contributed by atoms with Crippen molar-refractivity contribution in [2.45, 2.75) is 26.7 Å². The molecule has 1 saturated heterocycles. The van der Waals surface area contributed by atoms with Gasteiger partial charge in [-0.2, -0.15) is 0 Å². The fraction of sp³-hybridized carbons (Fsp3) is 0.364. The molecule has 0 aliphatic carbocycles. The number of nitrogens with one attached hydrogen (secondary N) is 1. The van der Waals surface area contributed by atoms with Crippen molar-refractivity contribution in [1.29, 1.82) is 0 Å². The van der Waals surface area contributed by atoms with Crippen molar-refractivity contribution >= 4 is 28.4 Å². The molecular formula is C22H25N5O2. The van der Waals surface area contributed by atoms with Gasteiger partial charge in [0.25, 0.3) is 0 Å². The third-order valence-corrected chi connectivity index (χ3v) is 5.20. The fourth-order valence-corrected chi connectivity index (χ4v) is 3.76. The largest absolute Gasteiger partial charge is 0.497 e. The Bertz CT molecular complexity index is 1030. The van der Waals surface area contributed by atoms with Gasteiger partial charge in [0.05, 0.1) is 30.4 Å². The van der Waals surface area contributed by atoms with Crippen LogP contribution in [-0.2, 0) is 4.79 Å². The van der Waals surface area contributed by atoms with Crippen LogP contribution in [0.15, 0.2) is 36.5 Å². The summed E-state index contributed by atoms with van der Waals surface area (Å²) in [5, 5.41) is 3.98. The average Bonchev–Trinajstić information content (AvgIpc) is 2.72. The van der Waals surface area contributed by atoms with E-state index in [1.165, 1.54) is 0 Å². The summed E-state index contributed by atoms with van der Waals surface area (Å²) in [5.41, 5.74) is 3.42. The normalized spacial score (nSPS) is 16.7. The summed E-state index contributed by atoms with van der Waals surface area (Å²) in [5.74, 6) is 1.37. The summed E-state index contributed by atoms with van der Waals surface area (Å²) in [6.07, 6.45) is 3.48. The van der Waals surface area contributed by atoms with Gasteiger partial charge in [-0.05, 0) is 51.0 Å². The Morgan fingerprint density at radius 1 is 1.17 bits per heavy atom. The number of carbonyl (C=O) groups excluding carboxylic acids is 1. The van der Waals surface area contributed by atoms with Crippen LogP contribution in [0.5, 0.6) is 5.75 Å². The average molecular weight is 391 g/mol. The van der Waals surface area contributed by atoms with Gasteiger partial charge in [-0.1, -0.05) is 0 Å². The highest BCUT2D eigenvalue weighted by molar-refractivity contribution is 5.95. The van der Waals surface area contributed by atoms with Gasteiger partial charge in [-0.3, -0.25) is 9.78 Å². The first-order valence-corrected chi connectivity index (χ1v) is 9.84. The van der Waals surface area contributed by atoms with Gasteiger partial charge in [0.1, 0.15) is 5.75 Å². The Morgan fingerprint density at radius 3 is 2.72 bits per heavy atom. The number of rotatable bonds is 4. The van der Waals surface area contributed by atoms with Gasteiger partial charge in [0.15, 0.2) is 0 Å². The van der Waals surface area contributed by atoms with Gasteiger partial charge >= 0.3 is 0 Å². The summed E-state index contributed by atoms with van der Waals surface area (Å²) in [6.45, 7) is 5.42. The molecule has 1 aliphatic heterocycles. The molecule has 3 aromatic rings. The first-order chi connectivity index (χ1) is 14.0. The molecule has 7 heteroatoms. The second-order valence-corrected chi connectivity index (χ2v) is 7.51. The second-order valence-electron chi connectivity index (χ2n) is 7.51. The first kappa shape index (κ1) is 19.1. The SMILES string of the molecule is COc1ccc2cc(NC(=O)[C@@H]3CCCN(c4nc(C)cc(C)n4)C3)cnc2c1. The van der Waals surface area contributed by atoms with Crippen LogP contribution in [-0.4, -0.2) is 41.1 Å². The van der Waals surface area contributed by atoms with E-state index in [9.17, 15) is 4.79 Å². The maximum atomic E-state index is 12.9. The number of methoxy groups -OCH3 is 1. The lowest BCUT2D eigenvalue weighted by molar-refractivity contribution is -0.120. The van der Waals surface area contributed by atoms with Crippen LogP contribution in [0.25, 0.3) is 10.9 Å². The molecule has 0 saturated carbocycles. The van der Waals surface area contributed by atoms with Crippen LogP contribution in [0, 0.1) is 19.8 Å². The van der Waals surface area contributed by atoms with Gasteiger partial charge in [0, 0.05) is 35.9 Å². The number of anilines is 2. The zero-order valence-electron chi connectivity index (χ0n) is 17.0. The number of aromatic nitrogens is 3. The lowest BCUT2D eigenvalue weighted by atomic mass is 9.97. The summed E-state index contributed by atoms with van der Waals surface area (Å²) in [6, 6.07) is 9.60. The smallest absolute Gasteiger partial charge is 0.229 e. The zero-order valence-corrected chi connectivity index (χ0v) is 17.0. The zero-order chi connectivity index (χ0) is 20.4. The van der Waals surface area contributed by atoms with Crippen LogP contribution in [0.1, 0.15) is 24.2 Å². The van der Waals surface area contributed by atoms with Crippen molar-refractivity contribution in [3.63, 3.8) is 0 Å². The van der Waals surface area contributed by atoms with Crippen molar-refractivity contribution in [2.24, 2.45) is 5.92 Å². The number of piperidine rings is 1. The van der Waals surface area contributed by atoms with Crippen molar-refractivity contribution < 1.29 is 9.53 Å². The molecule has 0 spiro atoms. The number of amides is 1. The van der Waals surface area contributed by atoms with E-state index in [0.29, 0.717) is 18.2 Å². The van der Waals surface area contributed by atoms with E-state index in [-0.39, 0.29) is 11.8 Å². The number of aryl methyl sites for hydroxylation is 2. The predicted molar refractivity (Wildman–Crippen MR) is 113 cm³/mol. The third kappa shape index (κ3) is 4.29. The molecule has 0 bridgehead atoms. The maximum absolute atomic E-state index is 12.9. The van der Waals surface area contributed by atoms with E-state index >= 15 is 0 Å². The Kier molecular flexibility index (Phi) is 5.29. The molecule has 29 heavy (non-hydrogen) atoms. The topological polar surface area (TPSA) is 80.2 Å². The molecule has 1 aromatic carbocycles. The number of hydrogen-bond donors (Lipinski definition) is 1. The van der Waals surface area contributed by atoms with Crippen molar-refractivity contribution in [2.75, 3.05) is 30.4 Å². The summed E-state index contributed by atoms with van der Waals surface area (Å²) < 4.78 is 5.23. The molecule has 3 heterocycles. The number of ether oxygens (including phenoxy) is 1. The van der Waals surface area contributed by atoms with Crippen molar-refractivity contribution in [3.8, 4) is 5.75 Å². The molecule has 0 unspecified atom stereocenters. The highest BCUT2D eigenvalue weighted by atomic mass is 16.5. The van der Waals surface area contributed by atoms with Gasteiger partial charge in [-0.25, -0.2) is 9.97 Å². The number of nitrogens with zero attached hydrogens (tertiary/aromatic N) is 4. The molecule has 4 rings (SSSR count). The summed E-state index contributed by atoms with van der Waals surface area (Å²) in [7, 11) is 1.63. The minimum Gasteiger partial charge on any atom is -0.497 e. The molecule has 150 valence electrons. The number of benzene rings is 1. The van der Waals surface area contributed by atoms with Crippen molar-refractivity contribution in [1.82, 2.24) is 15.0 Å². The van der Waals surface area contributed by atoms with E-state index < -0.39 is 0 Å². The van der Waals surface area contributed by atoms with Gasteiger partial charge in [0.2, 0.25) is 11.9 Å². The molecule has 7 nitrogen and oxygen atoms in total. The standard InChI is InChI=1S/C22H25N5O2/c1-14-9-15(2)25-22(24-14)27-8-4-5-17(13-27)21(28)26-18-10-16-6-7-19(29-3)11-20(16)23-12-18/h6-7,9-12,17H,4-5,8,13H2,1-3H3,(H,26,28)/t17-/m1/s1. The van der Waals surface area contributed by atoms with Crippen LogP contribution in [0.2, 0.25) is 0 Å². The molecule has 2 aromatic heterocycles. The third-order valence-electron chi connectivity index (χ3n) is 5.20. The second kappa shape index (κ2) is 8.03. The lowest BCUT2D eigenvalue weighted by Crippen LogP contribution is -2.41. The Morgan fingerprint density at radius 2 is 1.97 bits per heavy atom. The molecule has 1 aliphatic rings. The quantitative estimate of drug-likeness (QED) is 0.733. The highest BCUT2D eigenvalue weighted by Crippen LogP contribution is 2.24. The van der Waals surface area contributed by atoms with Crippen LogP contribution < -0.4 is 15.0 Å². The number of carbonyl (C=O) groups is 1. The molecule has 1 amide bonds. The van der Waals surface area contributed by atoms with Crippen LogP contribution in [0.4, 0.5) is 11.6 Å². The first-order valence-electron chi connectivity index (χ1n) is 9.84. The summed E-state index contributed by atoms with van der Waals surface area (Å²) in [4.78, 5) is 28.5. The van der Waals surface area contributed by atoms with E-state index in [1.54, 1.807) is 13.3 Å². The number of hydrogen-bond acceptors (Lipinski definition) is 6. The maximum Gasteiger partial charge on any atom is 0.229 e. The fourth-order valence-electron chi connectivity index (χ4n) is 3.76. The highest BCUT2D eigenvalue weighted by Gasteiger charge is 2.27. The van der Waals surface area contributed by atoms with E-state index in [4.69, 9.17) is 4.74 Å². The molecule has 0 radical (unpaired) electrons. The molecule has 1 atom stereocenters. The molecule has 1 N–H and O–H groups in total. The van der Waals surface area contributed by atoms with Gasteiger partial charge < -0.3 is 15.0 Å². The number of pyridine rings is 1. The summed E-state index contributed by atoms with van der Waals surface area (Å²) >= 11 is 0. The Balaban J connectivity index is 1.47. The minimum atomic E-state index is -0.111. The lowest BCUT2D eigenvalue weighted by Gasteiger charge is -2.32. The minimum absolute atomic E-state index is 0.00809. The van der Waals surface area contributed by atoms with Gasteiger partial charge in [-0.15, -0.1) is 0 Å². The van der Waals surface area contributed by atoms with E-state index in [2.05, 4.69) is 25.2 Å². The van der Waals surface area contributed by atoms with Crippen LogP contribution >= 0.6 is 0 Å². The number of fused-ring (bicyclic) bond motifs is 1. The molecular weight excluding hydrogens is 366 g/mol. The van der Waals surface area contributed by atoms with E-state index in [0.717, 1.165) is 47.4 Å². The van der Waals surface area contributed by atoms with Crippen molar-refractivity contribution in [3.05, 3.63) is 47.9 Å². The van der Waals surface area contributed by atoms with E-state index in [1.807, 2.05) is 44.2 Å². The van der Waals surface area contributed by atoms with Crippen LogP contribution in [0.3, 0.4) is 0 Å². The molecule has 1 fully saturated rings. The monoisotopic (exact) mass is 391 g/mol. The Labute approximate surface area is 170 Å². The predicted octanol–water partition coefficient (Wildman–Crippen LogP) is 3.51. The Hall–Kier alpha value is -3.22.